The van der Waals surface area contributed by atoms with Crippen LogP contribution < -0.4 is 5.32 Å². The molecule has 0 aliphatic carbocycles. The van der Waals surface area contributed by atoms with Crippen molar-refractivity contribution in [1.29, 1.82) is 5.26 Å². The third-order valence-electron chi connectivity index (χ3n) is 3.60. The number of hydrogen-bond donors (Lipinski definition) is 1. The van der Waals surface area contributed by atoms with Crippen LogP contribution in [0.2, 0.25) is 0 Å². The summed E-state index contributed by atoms with van der Waals surface area (Å²) in [5.74, 6) is 0.419. The molecule has 0 radical (unpaired) electrons. The number of nitriles is 1. The monoisotopic (exact) mass is 395 g/mol. The summed E-state index contributed by atoms with van der Waals surface area (Å²) in [4.78, 5) is 25.7. The summed E-state index contributed by atoms with van der Waals surface area (Å²) in [5, 5.41) is 10.1. The average Bonchev–Trinajstić information content (AvgIpc) is 2.90. The summed E-state index contributed by atoms with van der Waals surface area (Å²) in [6, 6.07) is 14.8. The van der Waals surface area contributed by atoms with Gasteiger partial charge >= 0.3 is 0 Å². The predicted octanol–water partition coefficient (Wildman–Crippen LogP) is 5.17. The van der Waals surface area contributed by atoms with Gasteiger partial charge in [0, 0.05) is 6.54 Å². The van der Waals surface area contributed by atoms with E-state index in [1.807, 2.05) is 38.1 Å². The molecule has 0 unspecified atom stereocenters. The Morgan fingerprint density at radius 1 is 0.966 bits per heavy atom. The van der Waals surface area contributed by atoms with Crippen molar-refractivity contribution in [3.05, 3.63) is 70.8 Å². The highest BCUT2D eigenvalue weighted by Crippen LogP contribution is 2.24. The van der Waals surface area contributed by atoms with Crippen molar-refractivity contribution < 1.29 is 9.59 Å². The van der Waals surface area contributed by atoms with E-state index in [2.05, 4.69) is 26.1 Å². The molecule has 1 heterocycles. The van der Waals surface area contributed by atoms with E-state index in [0.29, 0.717) is 17.7 Å². The van der Waals surface area contributed by atoms with Crippen molar-refractivity contribution in [2.75, 3.05) is 6.54 Å². The minimum atomic E-state index is -0.207. The highest BCUT2D eigenvalue weighted by atomic mass is 16.2. The standard InChI is InChI=1S/C16H13NO2.C4H10.C3H6N2.CH4/c1-11-6-8-12(9-7-11)10-17-15(18)13-4-2-3-5-14(13)16(17)19;1-4(2)3;1-2-5-3-4;/h2-9H,10H2,1H3;4H,1-3H3;5H,2H2,1H3;1H4. The lowest BCUT2D eigenvalue weighted by Gasteiger charge is -2.13. The van der Waals surface area contributed by atoms with Crippen LogP contribution in [0, 0.1) is 24.3 Å². The predicted molar refractivity (Wildman–Crippen MR) is 118 cm³/mol. The van der Waals surface area contributed by atoms with E-state index in [0.717, 1.165) is 23.6 Å². The Hall–Kier alpha value is -3.13. The molecule has 156 valence electrons. The summed E-state index contributed by atoms with van der Waals surface area (Å²) >= 11 is 0. The van der Waals surface area contributed by atoms with Gasteiger partial charge < -0.3 is 5.32 Å². The highest BCUT2D eigenvalue weighted by molar-refractivity contribution is 6.21. The second-order valence-corrected chi connectivity index (χ2v) is 7.10. The van der Waals surface area contributed by atoms with Crippen LogP contribution in [0.3, 0.4) is 0 Å². The molecule has 1 aliphatic heterocycles. The summed E-state index contributed by atoms with van der Waals surface area (Å²) in [6.45, 7) is 11.4. The number of carbonyl (C=O) groups excluding carboxylic acids is 2. The van der Waals surface area contributed by atoms with E-state index in [1.165, 1.54) is 4.90 Å². The number of nitrogens with one attached hydrogen (secondary N) is 1. The van der Waals surface area contributed by atoms with E-state index in [4.69, 9.17) is 5.26 Å². The molecule has 2 aromatic carbocycles. The highest BCUT2D eigenvalue weighted by Gasteiger charge is 2.34. The molecule has 29 heavy (non-hydrogen) atoms. The van der Waals surface area contributed by atoms with Gasteiger partial charge in [-0.05, 0) is 37.5 Å². The lowest BCUT2D eigenvalue weighted by Crippen LogP contribution is -2.29. The van der Waals surface area contributed by atoms with Gasteiger partial charge in [-0.3, -0.25) is 14.5 Å². The minimum Gasteiger partial charge on any atom is -0.324 e. The number of carbonyl (C=O) groups is 2. The third-order valence-corrected chi connectivity index (χ3v) is 3.60. The Morgan fingerprint density at radius 3 is 1.76 bits per heavy atom. The number of aryl methyl sites for hydroxylation is 1. The Balaban J connectivity index is 0.000000668. The zero-order valence-corrected chi connectivity index (χ0v) is 17.3. The van der Waals surface area contributed by atoms with Crippen molar-refractivity contribution in [1.82, 2.24) is 10.2 Å². The van der Waals surface area contributed by atoms with E-state index in [1.54, 1.807) is 30.5 Å². The van der Waals surface area contributed by atoms with Gasteiger partial charge in [0.2, 0.25) is 0 Å². The first-order chi connectivity index (χ1) is 13.3. The second kappa shape index (κ2) is 13.1. The molecular formula is C24H33N3O2. The van der Waals surface area contributed by atoms with Gasteiger partial charge in [-0.1, -0.05) is 70.2 Å². The van der Waals surface area contributed by atoms with Crippen molar-refractivity contribution in [3.63, 3.8) is 0 Å². The Bertz CT molecular complexity index is 783. The summed E-state index contributed by atoms with van der Waals surface area (Å²) in [7, 11) is 0. The average molecular weight is 396 g/mol. The maximum Gasteiger partial charge on any atom is 0.261 e. The molecule has 1 N–H and O–H groups in total. The minimum absolute atomic E-state index is 0. The molecule has 0 fully saturated rings. The largest absolute Gasteiger partial charge is 0.324 e. The molecule has 2 aromatic rings. The van der Waals surface area contributed by atoms with Gasteiger partial charge in [-0.15, -0.1) is 0 Å². The number of benzene rings is 2. The van der Waals surface area contributed by atoms with Crippen molar-refractivity contribution in [3.8, 4) is 6.19 Å². The summed E-state index contributed by atoms with van der Waals surface area (Å²) in [5.41, 5.74) is 3.12. The zero-order valence-electron chi connectivity index (χ0n) is 17.3. The van der Waals surface area contributed by atoms with Crippen LogP contribution in [0.25, 0.3) is 0 Å². The fourth-order valence-corrected chi connectivity index (χ4v) is 2.34. The van der Waals surface area contributed by atoms with Gasteiger partial charge in [-0.25, -0.2) is 0 Å². The van der Waals surface area contributed by atoms with Crippen LogP contribution in [-0.4, -0.2) is 23.3 Å². The summed E-state index contributed by atoms with van der Waals surface area (Å²) < 4.78 is 0. The lowest BCUT2D eigenvalue weighted by atomic mass is 10.1. The number of rotatable bonds is 3. The number of imide groups is 1. The Morgan fingerprint density at radius 2 is 1.41 bits per heavy atom. The SMILES string of the molecule is C.CC(C)C.CCNC#N.Cc1ccc(CN2C(=O)c3ccccc3C2=O)cc1. The van der Waals surface area contributed by atoms with Gasteiger partial charge in [0.05, 0.1) is 17.7 Å². The first-order valence-corrected chi connectivity index (χ1v) is 9.44. The van der Waals surface area contributed by atoms with Crippen LogP contribution in [0.15, 0.2) is 48.5 Å². The second-order valence-electron chi connectivity index (χ2n) is 7.10. The van der Waals surface area contributed by atoms with Crippen LogP contribution in [-0.2, 0) is 6.54 Å². The first-order valence-electron chi connectivity index (χ1n) is 9.44. The molecule has 0 saturated heterocycles. The topological polar surface area (TPSA) is 73.2 Å². The molecule has 5 heteroatoms. The molecule has 2 amide bonds. The first kappa shape index (κ1) is 25.9. The van der Waals surface area contributed by atoms with Crippen LogP contribution in [0.1, 0.15) is 67.0 Å². The Kier molecular flexibility index (Phi) is 11.7. The Labute approximate surface area is 175 Å². The van der Waals surface area contributed by atoms with Crippen LogP contribution in [0.4, 0.5) is 0 Å². The lowest BCUT2D eigenvalue weighted by molar-refractivity contribution is 0.0642. The van der Waals surface area contributed by atoms with Crippen LogP contribution in [0.5, 0.6) is 0 Å². The molecule has 0 atom stereocenters. The quantitative estimate of drug-likeness (QED) is 0.442. The van der Waals surface area contributed by atoms with E-state index in [-0.39, 0.29) is 19.2 Å². The van der Waals surface area contributed by atoms with Gasteiger partial charge in [0.1, 0.15) is 0 Å². The number of hydrogen-bond acceptors (Lipinski definition) is 4. The third kappa shape index (κ3) is 8.18. The van der Waals surface area contributed by atoms with Crippen molar-refractivity contribution in [2.45, 2.75) is 48.6 Å². The molecule has 0 bridgehead atoms. The van der Waals surface area contributed by atoms with Crippen LogP contribution >= 0.6 is 0 Å². The molecule has 1 aliphatic rings. The van der Waals surface area contributed by atoms with Gasteiger partial charge in [0.25, 0.3) is 11.8 Å². The molecule has 0 aromatic heterocycles. The molecule has 5 nitrogen and oxygen atoms in total. The number of nitrogens with zero attached hydrogens (tertiary/aromatic N) is 2. The molecule has 0 spiro atoms. The molecule has 0 saturated carbocycles. The number of amides is 2. The van der Waals surface area contributed by atoms with E-state index < -0.39 is 0 Å². The zero-order chi connectivity index (χ0) is 21.1. The summed E-state index contributed by atoms with van der Waals surface area (Å²) in [6.07, 6.45) is 1.77. The molecular weight excluding hydrogens is 362 g/mol. The molecule has 3 rings (SSSR count). The van der Waals surface area contributed by atoms with E-state index >= 15 is 0 Å². The maximum absolute atomic E-state index is 12.2. The van der Waals surface area contributed by atoms with Crippen molar-refractivity contribution >= 4 is 11.8 Å². The fraction of sp³-hybridized carbons (Fsp3) is 0.375. The fourth-order valence-electron chi connectivity index (χ4n) is 2.34. The normalized spacial score (nSPS) is 11.3. The van der Waals surface area contributed by atoms with Gasteiger partial charge in [-0.2, -0.15) is 5.26 Å². The van der Waals surface area contributed by atoms with Crippen molar-refractivity contribution in [2.24, 2.45) is 5.92 Å². The number of fused-ring (bicyclic) bond motifs is 1. The van der Waals surface area contributed by atoms with Gasteiger partial charge in [0.15, 0.2) is 6.19 Å². The van der Waals surface area contributed by atoms with E-state index in [9.17, 15) is 9.59 Å². The smallest absolute Gasteiger partial charge is 0.261 e. The maximum atomic E-state index is 12.2.